The molecule has 0 bridgehead atoms. The van der Waals surface area contributed by atoms with Gasteiger partial charge in [0.15, 0.2) is 0 Å². The molecule has 9 nitrogen and oxygen atoms in total. The molecule has 0 saturated carbocycles. The molecule has 1 aromatic carbocycles. The third-order valence-corrected chi connectivity index (χ3v) is 4.63. The molecule has 9 heteroatoms. The minimum atomic E-state index is -0.674. The van der Waals surface area contributed by atoms with E-state index in [0.717, 1.165) is 0 Å². The van der Waals surface area contributed by atoms with Gasteiger partial charge < -0.3 is 24.2 Å². The van der Waals surface area contributed by atoms with Crippen LogP contribution >= 0.6 is 0 Å². The second-order valence-electron chi connectivity index (χ2n) is 6.90. The van der Waals surface area contributed by atoms with Crippen molar-refractivity contribution in [3.8, 4) is 0 Å². The molecule has 1 amide bonds. The molecule has 0 aliphatic carbocycles. The van der Waals surface area contributed by atoms with Crippen molar-refractivity contribution in [3.63, 3.8) is 0 Å². The van der Waals surface area contributed by atoms with Crippen molar-refractivity contribution in [1.29, 1.82) is 0 Å². The molecule has 162 valence electrons. The van der Waals surface area contributed by atoms with E-state index in [4.69, 9.17) is 13.9 Å². The molecule has 0 radical (unpaired) electrons. The zero-order valence-electron chi connectivity index (χ0n) is 17.6. The highest BCUT2D eigenvalue weighted by Gasteiger charge is 2.24. The Labute approximate surface area is 177 Å². The van der Waals surface area contributed by atoms with E-state index in [1.165, 1.54) is 19.1 Å². The lowest BCUT2D eigenvalue weighted by Gasteiger charge is -2.09. The van der Waals surface area contributed by atoms with Crippen LogP contribution in [0.1, 0.15) is 51.5 Å². The van der Waals surface area contributed by atoms with Crippen LogP contribution in [0.25, 0.3) is 11.0 Å². The van der Waals surface area contributed by atoms with Crippen LogP contribution in [-0.2, 0) is 20.9 Å². The molecule has 0 fully saturated rings. The first-order valence-corrected chi connectivity index (χ1v) is 9.59. The van der Waals surface area contributed by atoms with Gasteiger partial charge in [-0.2, -0.15) is 0 Å². The van der Waals surface area contributed by atoms with Gasteiger partial charge in [-0.15, -0.1) is 0 Å². The molecular formula is C22H22N2O7. The number of ether oxygens (including phenoxy) is 2. The van der Waals surface area contributed by atoms with Crippen LogP contribution in [0.4, 0.5) is 5.69 Å². The summed E-state index contributed by atoms with van der Waals surface area (Å²) in [5.41, 5.74) is 1.92. The van der Waals surface area contributed by atoms with E-state index in [1.807, 2.05) is 0 Å². The number of amides is 1. The molecular weight excluding hydrogens is 404 g/mol. The van der Waals surface area contributed by atoms with E-state index in [2.05, 4.69) is 10.3 Å². The third kappa shape index (κ3) is 4.66. The smallest absolute Gasteiger partial charge is 0.355 e. The molecule has 3 rings (SSSR count). The van der Waals surface area contributed by atoms with Crippen molar-refractivity contribution in [3.05, 3.63) is 62.8 Å². The van der Waals surface area contributed by atoms with Gasteiger partial charge in [-0.25, -0.2) is 14.4 Å². The largest absolute Gasteiger partial charge is 0.462 e. The number of esters is 2. The predicted octanol–water partition coefficient (Wildman–Crippen LogP) is 3.23. The number of rotatable bonds is 6. The quantitative estimate of drug-likeness (QED) is 0.457. The van der Waals surface area contributed by atoms with E-state index in [1.54, 1.807) is 32.9 Å². The van der Waals surface area contributed by atoms with Crippen LogP contribution in [0, 0.1) is 13.8 Å². The van der Waals surface area contributed by atoms with Gasteiger partial charge in [-0.05, 0) is 38.5 Å². The Balaban J connectivity index is 1.85. The Morgan fingerprint density at radius 1 is 1.10 bits per heavy atom. The summed E-state index contributed by atoms with van der Waals surface area (Å²) in [5, 5.41) is 3.17. The number of nitrogens with one attached hydrogen (secondary N) is 2. The summed E-state index contributed by atoms with van der Waals surface area (Å²) in [7, 11) is 0. The summed E-state index contributed by atoms with van der Waals surface area (Å²) < 4.78 is 15.6. The highest BCUT2D eigenvalue weighted by Crippen LogP contribution is 2.23. The van der Waals surface area contributed by atoms with Crippen LogP contribution in [0.5, 0.6) is 0 Å². The number of hydrogen-bond acceptors (Lipinski definition) is 7. The zero-order chi connectivity index (χ0) is 22.7. The number of hydrogen-bond donors (Lipinski definition) is 2. The van der Waals surface area contributed by atoms with Gasteiger partial charge in [0.25, 0.3) is 0 Å². The fourth-order valence-corrected chi connectivity index (χ4v) is 3.31. The first kappa shape index (κ1) is 21.8. The van der Waals surface area contributed by atoms with Crippen LogP contribution < -0.4 is 10.9 Å². The number of aromatic amines is 1. The van der Waals surface area contributed by atoms with E-state index in [9.17, 15) is 19.2 Å². The van der Waals surface area contributed by atoms with Gasteiger partial charge in [0, 0.05) is 41.4 Å². The van der Waals surface area contributed by atoms with Crippen LogP contribution in [0.15, 0.2) is 33.5 Å². The molecule has 0 aliphatic rings. The number of aryl methyl sites for hydroxylation is 1. The average Bonchev–Trinajstić information content (AvgIpc) is 2.99. The summed E-state index contributed by atoms with van der Waals surface area (Å²) in [6, 6.07) is 6.08. The maximum Gasteiger partial charge on any atom is 0.355 e. The number of H-pyrrole nitrogens is 1. The van der Waals surface area contributed by atoms with Gasteiger partial charge >= 0.3 is 17.6 Å². The molecule has 0 unspecified atom stereocenters. The van der Waals surface area contributed by atoms with Gasteiger partial charge in [-0.3, -0.25) is 4.79 Å². The molecule has 2 heterocycles. The third-order valence-electron chi connectivity index (χ3n) is 4.63. The Bertz CT molecular complexity index is 1240. The number of fused-ring (bicyclic) bond motifs is 1. The Morgan fingerprint density at radius 2 is 1.84 bits per heavy atom. The molecule has 31 heavy (non-hydrogen) atoms. The molecule has 0 aliphatic heterocycles. The lowest BCUT2D eigenvalue weighted by molar-refractivity contribution is -0.114. The van der Waals surface area contributed by atoms with Crippen molar-refractivity contribution in [2.75, 3.05) is 11.9 Å². The van der Waals surface area contributed by atoms with Crippen molar-refractivity contribution in [2.45, 2.75) is 34.3 Å². The molecule has 0 spiro atoms. The number of benzene rings is 1. The Kier molecular flexibility index (Phi) is 6.24. The molecule has 0 atom stereocenters. The topological polar surface area (TPSA) is 128 Å². The van der Waals surface area contributed by atoms with E-state index < -0.39 is 17.6 Å². The van der Waals surface area contributed by atoms with Crippen LogP contribution in [0.2, 0.25) is 0 Å². The van der Waals surface area contributed by atoms with E-state index >= 15 is 0 Å². The first-order valence-electron chi connectivity index (χ1n) is 9.59. The standard InChI is InChI=1S/C22H22N2O7/c1-5-29-21(27)19-11(2)20(23-12(19)3)22(28)30-10-14-8-18(26)31-17-9-15(24-13(4)25)6-7-16(14)17/h6-9,23H,5,10H2,1-4H3,(H,24,25). The maximum absolute atomic E-state index is 12.6. The fourth-order valence-electron chi connectivity index (χ4n) is 3.31. The van der Waals surface area contributed by atoms with Crippen LogP contribution in [0.3, 0.4) is 0 Å². The summed E-state index contributed by atoms with van der Waals surface area (Å²) >= 11 is 0. The minimum absolute atomic E-state index is 0.140. The summed E-state index contributed by atoms with van der Waals surface area (Å²) in [4.78, 5) is 50.8. The fraction of sp³-hybridized carbons (Fsp3) is 0.273. The van der Waals surface area contributed by atoms with Crippen LogP contribution in [-0.4, -0.2) is 29.4 Å². The van der Waals surface area contributed by atoms with Gasteiger partial charge in [0.2, 0.25) is 5.91 Å². The lowest BCUT2D eigenvalue weighted by atomic mass is 10.1. The molecule has 2 N–H and O–H groups in total. The molecule has 2 aromatic heterocycles. The van der Waals surface area contributed by atoms with Gasteiger partial charge in [0.05, 0.1) is 12.2 Å². The number of anilines is 1. The monoisotopic (exact) mass is 426 g/mol. The van der Waals surface area contributed by atoms with Crippen molar-refractivity contribution in [2.24, 2.45) is 0 Å². The highest BCUT2D eigenvalue weighted by molar-refractivity contribution is 5.98. The summed E-state index contributed by atoms with van der Waals surface area (Å²) in [6.45, 7) is 6.39. The lowest BCUT2D eigenvalue weighted by Crippen LogP contribution is -2.11. The zero-order valence-corrected chi connectivity index (χ0v) is 17.6. The van der Waals surface area contributed by atoms with Gasteiger partial charge in [0.1, 0.15) is 17.9 Å². The Morgan fingerprint density at radius 3 is 2.52 bits per heavy atom. The maximum atomic E-state index is 12.6. The minimum Gasteiger partial charge on any atom is -0.462 e. The molecule has 3 aromatic rings. The SMILES string of the molecule is CCOC(=O)c1c(C)[nH]c(C(=O)OCc2cc(=O)oc3cc(NC(C)=O)ccc23)c1C. The number of aromatic nitrogens is 1. The summed E-state index contributed by atoms with van der Waals surface area (Å²) in [6.07, 6.45) is 0. The first-order chi connectivity index (χ1) is 14.7. The van der Waals surface area contributed by atoms with Crippen molar-refractivity contribution >= 4 is 34.5 Å². The number of carbonyl (C=O) groups excluding carboxylic acids is 3. The highest BCUT2D eigenvalue weighted by atomic mass is 16.5. The van der Waals surface area contributed by atoms with Gasteiger partial charge in [-0.1, -0.05) is 0 Å². The molecule has 0 saturated heterocycles. The predicted molar refractivity (Wildman–Crippen MR) is 112 cm³/mol. The Hall–Kier alpha value is -3.88. The van der Waals surface area contributed by atoms with E-state index in [-0.39, 0.29) is 30.4 Å². The van der Waals surface area contributed by atoms with Crippen molar-refractivity contribution < 1.29 is 28.3 Å². The summed E-state index contributed by atoms with van der Waals surface area (Å²) in [5.74, 6) is -1.45. The second-order valence-corrected chi connectivity index (χ2v) is 6.90. The van der Waals surface area contributed by atoms with Crippen molar-refractivity contribution in [1.82, 2.24) is 4.98 Å². The average molecular weight is 426 g/mol. The second kappa shape index (κ2) is 8.86. The number of carbonyl (C=O) groups is 3. The normalized spacial score (nSPS) is 10.7. The van der Waals surface area contributed by atoms with E-state index in [0.29, 0.717) is 33.5 Å².